The minimum Gasteiger partial charge on any atom is -0.380 e. The van der Waals surface area contributed by atoms with E-state index in [1.807, 2.05) is 0 Å². The number of rotatable bonds is 5. The van der Waals surface area contributed by atoms with Crippen molar-refractivity contribution in [2.45, 2.75) is 25.4 Å². The van der Waals surface area contributed by atoms with Crippen LogP contribution >= 0.6 is 0 Å². The molecule has 1 heterocycles. The number of hydrogen-bond donors (Lipinski definition) is 1. The molecule has 1 aliphatic heterocycles. The summed E-state index contributed by atoms with van der Waals surface area (Å²) in [6.45, 7) is 3.50. The molecule has 3 nitrogen and oxygen atoms in total. The van der Waals surface area contributed by atoms with Crippen molar-refractivity contribution in [3.05, 3.63) is 35.4 Å². The Morgan fingerprint density at radius 2 is 2.00 bits per heavy atom. The average molecular weight is 234 g/mol. The number of nitrogens with two attached hydrogens (primary N) is 1. The number of hydrogen-bond acceptors (Lipinski definition) is 3. The van der Waals surface area contributed by atoms with Crippen LogP contribution in [0, 0.1) is 0 Å². The fourth-order valence-corrected chi connectivity index (χ4v) is 2.26. The number of benzene rings is 1. The molecule has 0 spiro atoms. The molecule has 1 fully saturated rings. The van der Waals surface area contributed by atoms with Crippen LogP contribution in [-0.4, -0.2) is 37.7 Å². The van der Waals surface area contributed by atoms with Gasteiger partial charge in [-0.05, 0) is 37.6 Å². The van der Waals surface area contributed by atoms with Crippen LogP contribution in [0.4, 0.5) is 0 Å². The van der Waals surface area contributed by atoms with E-state index >= 15 is 0 Å². The molecule has 3 heteroatoms. The Balaban J connectivity index is 1.89. The zero-order chi connectivity index (χ0) is 12.1. The molecule has 1 aromatic carbocycles. The molecule has 0 radical (unpaired) electrons. The molecule has 1 atom stereocenters. The third kappa shape index (κ3) is 3.53. The van der Waals surface area contributed by atoms with Gasteiger partial charge in [0.25, 0.3) is 0 Å². The van der Waals surface area contributed by atoms with Crippen LogP contribution in [0.25, 0.3) is 0 Å². The lowest BCUT2D eigenvalue weighted by atomic mass is 10.1. The second-order valence-electron chi connectivity index (χ2n) is 4.79. The van der Waals surface area contributed by atoms with Crippen molar-refractivity contribution in [3.63, 3.8) is 0 Å². The maximum absolute atomic E-state index is 5.54. The molecular formula is C14H22N2O. The Labute approximate surface area is 104 Å². The van der Waals surface area contributed by atoms with Gasteiger partial charge in [0.15, 0.2) is 0 Å². The first kappa shape index (κ1) is 12.6. The summed E-state index contributed by atoms with van der Waals surface area (Å²) in [5.41, 5.74) is 8.22. The molecule has 1 aliphatic rings. The minimum absolute atomic E-state index is 0.582. The third-order valence-electron chi connectivity index (χ3n) is 3.42. The first-order valence-electron chi connectivity index (χ1n) is 6.35. The van der Waals surface area contributed by atoms with Crippen LogP contribution in [0.3, 0.4) is 0 Å². The Morgan fingerprint density at radius 3 is 2.59 bits per heavy atom. The molecule has 0 amide bonds. The van der Waals surface area contributed by atoms with Gasteiger partial charge < -0.3 is 10.5 Å². The predicted molar refractivity (Wildman–Crippen MR) is 69.9 cm³/mol. The van der Waals surface area contributed by atoms with E-state index in [0.29, 0.717) is 6.04 Å². The molecule has 1 saturated heterocycles. The van der Waals surface area contributed by atoms with Gasteiger partial charge in [-0.1, -0.05) is 24.3 Å². The minimum atomic E-state index is 0.582. The van der Waals surface area contributed by atoms with E-state index in [4.69, 9.17) is 10.5 Å². The van der Waals surface area contributed by atoms with Crippen molar-refractivity contribution in [3.8, 4) is 0 Å². The normalized spacial score (nSPS) is 20.1. The average Bonchev–Trinajstić information content (AvgIpc) is 2.86. The zero-order valence-corrected chi connectivity index (χ0v) is 10.6. The molecular weight excluding hydrogens is 212 g/mol. The van der Waals surface area contributed by atoms with E-state index in [0.717, 1.165) is 39.1 Å². The Kier molecular flexibility index (Phi) is 4.54. The van der Waals surface area contributed by atoms with Crippen LogP contribution in [0.1, 0.15) is 17.5 Å². The van der Waals surface area contributed by atoms with E-state index in [1.165, 1.54) is 11.1 Å². The van der Waals surface area contributed by atoms with Gasteiger partial charge in [-0.3, -0.25) is 4.90 Å². The second kappa shape index (κ2) is 6.15. The van der Waals surface area contributed by atoms with Gasteiger partial charge in [0.05, 0.1) is 6.61 Å². The fraction of sp³-hybridized carbons (Fsp3) is 0.571. The Hall–Kier alpha value is -0.900. The van der Waals surface area contributed by atoms with Gasteiger partial charge in [0.2, 0.25) is 0 Å². The van der Waals surface area contributed by atoms with Crippen molar-refractivity contribution in [2.75, 3.05) is 26.8 Å². The number of likely N-dealkylation sites (N-methyl/N-ethyl adjacent to an activating group) is 1. The summed E-state index contributed by atoms with van der Waals surface area (Å²) in [4.78, 5) is 2.38. The standard InChI is InChI=1S/C14H22N2O/c1-16(14-7-9-17-11-14)10-13-4-2-12(3-5-13)6-8-15/h2-5,14H,6-11,15H2,1H3. The smallest absolute Gasteiger partial charge is 0.0622 e. The second-order valence-corrected chi connectivity index (χ2v) is 4.79. The van der Waals surface area contributed by atoms with E-state index in [2.05, 4.69) is 36.2 Å². The molecule has 1 unspecified atom stereocenters. The van der Waals surface area contributed by atoms with E-state index in [-0.39, 0.29) is 0 Å². The van der Waals surface area contributed by atoms with Crippen molar-refractivity contribution in [1.29, 1.82) is 0 Å². The lowest BCUT2D eigenvalue weighted by Crippen LogP contribution is -2.31. The summed E-state index contributed by atoms with van der Waals surface area (Å²) in [5.74, 6) is 0. The third-order valence-corrected chi connectivity index (χ3v) is 3.42. The van der Waals surface area contributed by atoms with E-state index < -0.39 is 0 Å². The summed E-state index contributed by atoms with van der Waals surface area (Å²) in [7, 11) is 2.17. The predicted octanol–water partition coefficient (Wildman–Crippen LogP) is 1.41. The molecule has 0 aromatic heterocycles. The first-order valence-corrected chi connectivity index (χ1v) is 6.35. The fourth-order valence-electron chi connectivity index (χ4n) is 2.26. The monoisotopic (exact) mass is 234 g/mol. The van der Waals surface area contributed by atoms with Gasteiger partial charge in [0, 0.05) is 19.2 Å². The molecule has 1 aromatic rings. The van der Waals surface area contributed by atoms with Crippen LogP contribution in [0.15, 0.2) is 24.3 Å². The van der Waals surface area contributed by atoms with Gasteiger partial charge in [0.1, 0.15) is 0 Å². The summed E-state index contributed by atoms with van der Waals surface area (Å²) in [5, 5.41) is 0. The highest BCUT2D eigenvalue weighted by atomic mass is 16.5. The highest BCUT2D eigenvalue weighted by Gasteiger charge is 2.19. The molecule has 94 valence electrons. The number of ether oxygens (including phenoxy) is 1. The van der Waals surface area contributed by atoms with Crippen LogP contribution in [-0.2, 0) is 17.7 Å². The Bertz CT molecular complexity index is 331. The van der Waals surface area contributed by atoms with Gasteiger partial charge in [-0.15, -0.1) is 0 Å². The van der Waals surface area contributed by atoms with Crippen molar-refractivity contribution < 1.29 is 4.74 Å². The Morgan fingerprint density at radius 1 is 1.29 bits per heavy atom. The zero-order valence-electron chi connectivity index (χ0n) is 10.6. The lowest BCUT2D eigenvalue weighted by Gasteiger charge is -2.22. The molecule has 17 heavy (non-hydrogen) atoms. The largest absolute Gasteiger partial charge is 0.380 e. The lowest BCUT2D eigenvalue weighted by molar-refractivity contribution is 0.156. The quantitative estimate of drug-likeness (QED) is 0.837. The molecule has 0 bridgehead atoms. The summed E-state index contributed by atoms with van der Waals surface area (Å²) >= 11 is 0. The summed E-state index contributed by atoms with van der Waals surface area (Å²) in [6, 6.07) is 9.36. The highest BCUT2D eigenvalue weighted by Crippen LogP contribution is 2.14. The molecule has 0 saturated carbocycles. The maximum atomic E-state index is 5.54. The number of nitrogens with zero attached hydrogens (tertiary/aromatic N) is 1. The van der Waals surface area contributed by atoms with Gasteiger partial charge in [-0.25, -0.2) is 0 Å². The van der Waals surface area contributed by atoms with Crippen LogP contribution in [0.2, 0.25) is 0 Å². The maximum Gasteiger partial charge on any atom is 0.0622 e. The van der Waals surface area contributed by atoms with Crippen molar-refractivity contribution in [1.82, 2.24) is 4.90 Å². The first-order chi connectivity index (χ1) is 8.29. The van der Waals surface area contributed by atoms with E-state index in [1.54, 1.807) is 0 Å². The molecule has 2 N–H and O–H groups in total. The summed E-state index contributed by atoms with van der Waals surface area (Å²) < 4.78 is 5.41. The summed E-state index contributed by atoms with van der Waals surface area (Å²) in [6.07, 6.45) is 2.12. The topological polar surface area (TPSA) is 38.5 Å². The highest BCUT2D eigenvalue weighted by molar-refractivity contribution is 5.22. The van der Waals surface area contributed by atoms with Gasteiger partial charge in [-0.2, -0.15) is 0 Å². The van der Waals surface area contributed by atoms with Crippen LogP contribution < -0.4 is 5.73 Å². The molecule has 2 rings (SSSR count). The van der Waals surface area contributed by atoms with Crippen molar-refractivity contribution in [2.24, 2.45) is 5.73 Å². The van der Waals surface area contributed by atoms with E-state index in [9.17, 15) is 0 Å². The van der Waals surface area contributed by atoms with Crippen molar-refractivity contribution >= 4 is 0 Å². The molecule has 0 aliphatic carbocycles. The van der Waals surface area contributed by atoms with Gasteiger partial charge >= 0.3 is 0 Å². The van der Waals surface area contributed by atoms with Crippen LogP contribution in [0.5, 0.6) is 0 Å². The SMILES string of the molecule is CN(Cc1ccc(CCN)cc1)C1CCOC1.